The maximum atomic E-state index is 15.3. The van der Waals surface area contributed by atoms with Gasteiger partial charge in [0, 0.05) is 30.3 Å². The van der Waals surface area contributed by atoms with E-state index in [0.29, 0.717) is 30.6 Å². The average Bonchev–Trinajstić information content (AvgIpc) is 3.57. The van der Waals surface area contributed by atoms with Crippen molar-refractivity contribution in [2.24, 2.45) is 0 Å². The molecule has 2 amide bonds. The second-order valence-electron chi connectivity index (χ2n) is 9.82. The van der Waals surface area contributed by atoms with Crippen LogP contribution in [-0.4, -0.2) is 35.3 Å². The van der Waals surface area contributed by atoms with Crippen LogP contribution in [-0.2, 0) is 38.1 Å². The van der Waals surface area contributed by atoms with Crippen molar-refractivity contribution in [2.45, 2.75) is 83.1 Å². The van der Waals surface area contributed by atoms with Gasteiger partial charge in [-0.1, -0.05) is 31.9 Å². The second-order valence-corrected chi connectivity index (χ2v) is 11.8. The summed E-state index contributed by atoms with van der Waals surface area (Å²) in [5.74, 6) is -2.19. The highest BCUT2D eigenvalue weighted by molar-refractivity contribution is 7.91. The van der Waals surface area contributed by atoms with Crippen LogP contribution in [0.2, 0.25) is 0 Å². The van der Waals surface area contributed by atoms with Crippen molar-refractivity contribution >= 4 is 27.4 Å². The minimum absolute atomic E-state index is 0.0673. The third-order valence-corrected chi connectivity index (χ3v) is 8.66. The molecule has 1 aromatic carbocycles. The largest absolute Gasteiger partial charge is 0.342 e. The fourth-order valence-electron chi connectivity index (χ4n) is 4.64. The number of rotatable bonds is 10. The van der Waals surface area contributed by atoms with E-state index in [1.165, 1.54) is 6.07 Å². The van der Waals surface area contributed by atoms with Crippen molar-refractivity contribution in [1.82, 2.24) is 19.8 Å². The van der Waals surface area contributed by atoms with Crippen LogP contribution in [0.15, 0.2) is 36.0 Å². The van der Waals surface area contributed by atoms with E-state index in [0.717, 1.165) is 31.2 Å². The SMILES string of the molecule is CCCCCc1ccc([C@]2(C)CC(c3ccn(CC)n3)=C(C(=O)NS(=O)(=O)C3CC3)C(=O)N2)c(F)c1. The molecular formula is C26H33FN4O4S. The number of unbranched alkanes of at least 4 members (excludes halogenated alkanes) is 2. The number of carbonyl (C=O) groups excluding carboxylic acids is 2. The van der Waals surface area contributed by atoms with E-state index in [9.17, 15) is 18.0 Å². The Morgan fingerprint density at radius 2 is 2.00 bits per heavy atom. The van der Waals surface area contributed by atoms with Gasteiger partial charge in [0.1, 0.15) is 11.4 Å². The number of nitrogens with one attached hydrogen (secondary N) is 2. The Kier molecular flexibility index (Phi) is 7.36. The van der Waals surface area contributed by atoms with Crippen LogP contribution in [0.4, 0.5) is 4.39 Å². The Morgan fingerprint density at radius 1 is 1.25 bits per heavy atom. The fourth-order valence-corrected chi connectivity index (χ4v) is 5.92. The topological polar surface area (TPSA) is 110 Å². The van der Waals surface area contributed by atoms with Crippen LogP contribution in [0.3, 0.4) is 0 Å². The molecule has 0 radical (unpaired) electrons. The highest BCUT2D eigenvalue weighted by Crippen LogP contribution is 2.39. The minimum atomic E-state index is -3.87. The smallest absolute Gasteiger partial charge is 0.270 e. The highest BCUT2D eigenvalue weighted by Gasteiger charge is 2.44. The first-order valence-electron chi connectivity index (χ1n) is 12.5. The van der Waals surface area contributed by atoms with Crippen LogP contribution >= 0.6 is 0 Å². The van der Waals surface area contributed by atoms with Crippen LogP contribution in [0, 0.1) is 5.82 Å². The number of benzene rings is 1. The van der Waals surface area contributed by atoms with Crippen molar-refractivity contribution < 1.29 is 22.4 Å². The first-order chi connectivity index (χ1) is 17.1. The van der Waals surface area contributed by atoms with Crippen molar-refractivity contribution in [1.29, 1.82) is 0 Å². The van der Waals surface area contributed by atoms with Gasteiger partial charge >= 0.3 is 0 Å². The molecule has 2 N–H and O–H groups in total. The monoisotopic (exact) mass is 516 g/mol. The molecule has 1 fully saturated rings. The van der Waals surface area contributed by atoms with E-state index in [1.807, 2.05) is 13.0 Å². The number of hydrogen-bond donors (Lipinski definition) is 2. The molecule has 0 bridgehead atoms. The maximum absolute atomic E-state index is 15.3. The van der Waals surface area contributed by atoms with Gasteiger partial charge in [-0.05, 0) is 57.2 Å². The Hall–Kier alpha value is -3.01. The lowest BCUT2D eigenvalue weighted by Gasteiger charge is -2.37. The first kappa shape index (κ1) is 26.1. The number of carbonyl (C=O) groups is 2. The summed E-state index contributed by atoms with van der Waals surface area (Å²) in [5.41, 5.74) is 0.375. The minimum Gasteiger partial charge on any atom is -0.342 e. The fraction of sp³-hybridized carbons (Fsp3) is 0.500. The molecule has 1 aromatic heterocycles. The standard InChI is InChI=1S/C26H33FN4O4S/c1-4-6-7-8-17-9-12-20(21(27)15-17)26(3)16-19(22-13-14-31(5-2)29-22)23(24(32)28-26)25(33)30-36(34,35)18-10-11-18/h9,12-15,18H,4-8,10-11,16H2,1-3H3,(H,28,32)(H,30,33)/t26-/m0/s1. The van der Waals surface area contributed by atoms with Gasteiger partial charge in [-0.25, -0.2) is 17.5 Å². The summed E-state index contributed by atoms with van der Waals surface area (Å²) in [7, 11) is -3.87. The summed E-state index contributed by atoms with van der Waals surface area (Å²) in [6.45, 7) is 6.28. The number of amides is 2. The lowest BCUT2D eigenvalue weighted by atomic mass is 9.79. The molecule has 10 heteroatoms. The summed E-state index contributed by atoms with van der Waals surface area (Å²) in [4.78, 5) is 26.4. The number of halogens is 1. The van der Waals surface area contributed by atoms with Crippen LogP contribution in [0.5, 0.6) is 0 Å². The maximum Gasteiger partial charge on any atom is 0.270 e. The van der Waals surface area contributed by atoms with E-state index in [4.69, 9.17) is 0 Å². The van der Waals surface area contributed by atoms with Crippen molar-refractivity contribution in [3.63, 3.8) is 0 Å². The molecule has 4 rings (SSSR count). The summed E-state index contributed by atoms with van der Waals surface area (Å²) in [5, 5.41) is 6.61. The third kappa shape index (κ3) is 5.38. The van der Waals surface area contributed by atoms with Gasteiger partial charge in [0.15, 0.2) is 0 Å². The first-order valence-corrected chi connectivity index (χ1v) is 14.1. The average molecular weight is 517 g/mol. The van der Waals surface area contributed by atoms with Crippen molar-refractivity contribution in [3.8, 4) is 0 Å². The Labute approximate surface area is 211 Å². The molecule has 2 aliphatic rings. The predicted octanol–water partition coefficient (Wildman–Crippen LogP) is 3.57. The highest BCUT2D eigenvalue weighted by atomic mass is 32.2. The van der Waals surface area contributed by atoms with Crippen LogP contribution in [0.1, 0.15) is 76.1 Å². The van der Waals surface area contributed by atoms with Gasteiger partial charge in [0.05, 0.1) is 16.5 Å². The lowest BCUT2D eigenvalue weighted by Crippen LogP contribution is -2.51. The van der Waals surface area contributed by atoms with Crippen LogP contribution < -0.4 is 10.0 Å². The molecule has 194 valence electrons. The van der Waals surface area contributed by atoms with Crippen LogP contribution in [0.25, 0.3) is 5.57 Å². The Morgan fingerprint density at radius 3 is 2.61 bits per heavy atom. The Balaban J connectivity index is 1.71. The summed E-state index contributed by atoms with van der Waals surface area (Å²) in [6, 6.07) is 6.72. The molecule has 0 unspecified atom stereocenters. The number of sulfonamides is 1. The molecule has 0 saturated heterocycles. The number of aryl methyl sites for hydroxylation is 2. The summed E-state index contributed by atoms with van der Waals surface area (Å²) < 4.78 is 43.9. The van der Waals surface area contributed by atoms with E-state index in [-0.39, 0.29) is 17.6 Å². The number of hydrogen-bond acceptors (Lipinski definition) is 5. The molecule has 36 heavy (non-hydrogen) atoms. The molecular weight excluding hydrogens is 483 g/mol. The molecule has 8 nitrogen and oxygen atoms in total. The van der Waals surface area contributed by atoms with Gasteiger partial charge in [0.25, 0.3) is 11.8 Å². The third-order valence-electron chi connectivity index (χ3n) is 6.84. The second kappa shape index (κ2) is 10.2. The predicted molar refractivity (Wildman–Crippen MR) is 135 cm³/mol. The van der Waals surface area contributed by atoms with E-state index < -0.39 is 38.4 Å². The quantitative estimate of drug-likeness (QED) is 0.371. The molecule has 2 heterocycles. The zero-order valence-corrected chi connectivity index (χ0v) is 21.8. The van der Waals surface area contributed by atoms with E-state index >= 15 is 4.39 Å². The van der Waals surface area contributed by atoms with E-state index in [2.05, 4.69) is 22.1 Å². The van der Waals surface area contributed by atoms with Gasteiger partial charge in [-0.15, -0.1) is 0 Å². The van der Waals surface area contributed by atoms with Crippen molar-refractivity contribution in [3.05, 3.63) is 58.7 Å². The van der Waals surface area contributed by atoms with Gasteiger partial charge in [-0.2, -0.15) is 5.10 Å². The number of aromatic nitrogens is 2. The molecule has 1 aliphatic carbocycles. The zero-order valence-electron chi connectivity index (χ0n) is 20.9. The normalized spacial score (nSPS) is 20.4. The van der Waals surface area contributed by atoms with Gasteiger partial charge in [-0.3, -0.25) is 14.3 Å². The lowest BCUT2D eigenvalue weighted by molar-refractivity contribution is -0.124. The van der Waals surface area contributed by atoms with Gasteiger partial charge < -0.3 is 5.32 Å². The van der Waals surface area contributed by atoms with Crippen molar-refractivity contribution in [2.75, 3.05) is 0 Å². The molecule has 1 aliphatic heterocycles. The molecule has 1 atom stereocenters. The number of nitrogens with zero attached hydrogens (tertiary/aromatic N) is 2. The van der Waals surface area contributed by atoms with E-state index in [1.54, 1.807) is 29.9 Å². The Bertz CT molecular complexity index is 1310. The zero-order chi connectivity index (χ0) is 26.1. The summed E-state index contributed by atoms with van der Waals surface area (Å²) >= 11 is 0. The molecule has 0 spiro atoms. The molecule has 1 saturated carbocycles. The molecule has 2 aromatic rings. The van der Waals surface area contributed by atoms with Gasteiger partial charge in [0.2, 0.25) is 10.0 Å². The summed E-state index contributed by atoms with van der Waals surface area (Å²) in [6.07, 6.45) is 6.63.